The molecule has 0 bridgehead atoms. The van der Waals surface area contributed by atoms with Gasteiger partial charge >= 0.3 is 0 Å². The van der Waals surface area contributed by atoms with Gasteiger partial charge in [0, 0.05) is 28.8 Å². The van der Waals surface area contributed by atoms with Crippen molar-refractivity contribution in [1.29, 1.82) is 0 Å². The molecule has 5 unspecified atom stereocenters. The third-order valence-corrected chi connectivity index (χ3v) is 27.0. The van der Waals surface area contributed by atoms with Crippen LogP contribution in [-0.2, 0) is 21.7 Å². The van der Waals surface area contributed by atoms with Gasteiger partial charge in [-0.25, -0.2) is 0 Å². The van der Waals surface area contributed by atoms with Gasteiger partial charge in [0.2, 0.25) is 0 Å². The van der Waals surface area contributed by atoms with Crippen molar-refractivity contribution in [3.05, 3.63) is 45.0 Å². The molecule has 4 spiro atoms. The Balaban J connectivity index is 1.25. The minimum absolute atomic E-state index is 0.0416. The van der Waals surface area contributed by atoms with E-state index in [1.165, 1.54) is 6.42 Å². The second-order valence-corrected chi connectivity index (χ2v) is 26.1. The molecule has 5 atom stereocenters. The monoisotopic (exact) mass is 801 g/mol. The lowest BCUT2D eigenvalue weighted by Crippen LogP contribution is -2.73. The molecule has 26 aromatic rings. The summed E-state index contributed by atoms with van der Waals surface area (Å²) in [5.74, 6) is 0. The van der Waals surface area contributed by atoms with Crippen molar-refractivity contribution in [2.75, 3.05) is 6.54 Å². The Kier molecular flexibility index (Phi) is 1.69. The first-order valence-corrected chi connectivity index (χ1v) is 25.4. The Labute approximate surface area is 358 Å². The average Bonchev–Trinajstić information content (AvgIpc) is 4.15. The molecule has 1 nitrogen and oxygen atoms in total. The van der Waals surface area contributed by atoms with Gasteiger partial charge in [0.15, 0.2) is 0 Å². The highest BCUT2D eigenvalue weighted by Crippen LogP contribution is 2.95. The summed E-state index contributed by atoms with van der Waals surface area (Å²) in [6.07, 6.45) is 4.27. The molecule has 1 saturated heterocycles. The van der Waals surface area contributed by atoms with E-state index in [9.17, 15) is 0 Å². The van der Waals surface area contributed by atoms with E-state index in [1.54, 1.807) is 269 Å². The Morgan fingerprint density at radius 3 is 0.955 bits per heavy atom. The number of hydrogen-bond acceptors (Lipinski definition) is 1. The first kappa shape index (κ1) is 23.0. The molecule has 0 aromatic heterocycles. The Hall–Kier alpha value is -7.58. The van der Waals surface area contributed by atoms with Crippen LogP contribution in [0.5, 0.6) is 0 Å². The summed E-state index contributed by atoms with van der Waals surface area (Å²) in [5, 5.41) is 90.4. The van der Waals surface area contributed by atoms with Crippen LogP contribution in [0, 0.1) is 0 Å². The molecule has 1 aliphatic heterocycles. The highest BCUT2D eigenvalue weighted by atomic mass is 15.1. The summed E-state index contributed by atoms with van der Waals surface area (Å²) < 4.78 is 0. The van der Waals surface area contributed by atoms with E-state index in [0.717, 1.165) is 6.54 Å². The zero-order chi connectivity index (χ0) is 38.3. The van der Waals surface area contributed by atoms with Gasteiger partial charge in [-0.05, 0) is 309 Å². The molecular formula is C65H7N. The topological polar surface area (TPSA) is 12.0 Å². The van der Waals surface area contributed by atoms with Crippen LogP contribution >= 0.6 is 0 Å². The smallest absolute Gasteiger partial charge is 0.0551 e. The summed E-state index contributed by atoms with van der Waals surface area (Å²) in [4.78, 5) is 0. The van der Waals surface area contributed by atoms with Crippen LogP contribution in [0.2, 0.25) is 0 Å². The SMILES string of the molecule is C1=C2CC3NCC45c6c7c8c9c%10c%11c%12c%13c%14c(c%15c%16c4c4c6c6c8c8c%17c9c9c%11c%11c%12c%12c%14c%14c%15c%15c%16c%16c4c4c6c8c6c8c%17c9c9c%11c%11c%12c%14c%12c%15c%14c%16c4c6c4c%14c%12c%11c9c84)C35C2%13C17%10. The third-order valence-electron chi connectivity index (χ3n) is 27.0. The molecule has 1 N–H and O–H groups in total. The molecule has 2 fully saturated rings. The van der Waals surface area contributed by atoms with E-state index >= 15 is 0 Å². The van der Waals surface area contributed by atoms with Gasteiger partial charge in [0.1, 0.15) is 0 Å². The fourth-order valence-corrected chi connectivity index (χ4v) is 27.7. The van der Waals surface area contributed by atoms with Gasteiger partial charge in [-0.1, -0.05) is 11.6 Å². The van der Waals surface area contributed by atoms with Gasteiger partial charge in [-0.2, -0.15) is 0 Å². The van der Waals surface area contributed by atoms with Gasteiger partial charge in [-0.15, -0.1) is 0 Å². The highest BCUT2D eigenvalue weighted by Gasteiger charge is 2.92. The van der Waals surface area contributed by atoms with E-state index in [1.807, 2.05) is 39.0 Å². The first-order chi connectivity index (χ1) is 32.9. The summed E-state index contributed by atoms with van der Waals surface area (Å²) in [5.41, 5.74) is 12.7. The van der Waals surface area contributed by atoms with Crippen molar-refractivity contribution in [3.8, 4) is 0 Å². The maximum atomic E-state index is 4.67. The third kappa shape index (κ3) is 1.05. The molecule has 1 heteroatoms. The second kappa shape index (κ2) is 4.84. The second-order valence-electron chi connectivity index (χ2n) is 26.1. The summed E-state index contributed by atoms with van der Waals surface area (Å²) in [6, 6.07) is 0.441. The lowest BCUT2D eigenvalue weighted by atomic mass is 9.30. The molecule has 9 aliphatic rings. The molecule has 66 heavy (non-hydrogen) atoms. The molecule has 35 rings (SSSR count). The van der Waals surface area contributed by atoms with Crippen LogP contribution < -0.4 is 5.32 Å². The van der Waals surface area contributed by atoms with Crippen LogP contribution in [-0.4, -0.2) is 12.6 Å². The van der Waals surface area contributed by atoms with Crippen LogP contribution in [0.3, 0.4) is 0 Å². The van der Waals surface area contributed by atoms with Crippen molar-refractivity contribution in [2.24, 2.45) is 0 Å². The first-order valence-electron chi connectivity index (χ1n) is 25.4. The van der Waals surface area contributed by atoms with E-state index < -0.39 is 0 Å². The van der Waals surface area contributed by atoms with E-state index in [0.29, 0.717) is 6.04 Å². The molecule has 1 saturated carbocycles. The van der Waals surface area contributed by atoms with Crippen LogP contribution in [0.4, 0.5) is 0 Å². The maximum Gasteiger partial charge on any atom is 0.0551 e. The minimum atomic E-state index is -0.126. The predicted octanol–water partition coefficient (Wildman–Crippen LogP) is 15.5. The van der Waals surface area contributed by atoms with Crippen molar-refractivity contribution in [3.63, 3.8) is 0 Å². The lowest BCUT2D eigenvalue weighted by molar-refractivity contribution is 0.129. The highest BCUT2D eigenvalue weighted by molar-refractivity contribution is 6.81. The van der Waals surface area contributed by atoms with Crippen molar-refractivity contribution in [2.45, 2.75) is 34.1 Å². The molecule has 272 valence electrons. The zero-order valence-corrected chi connectivity index (χ0v) is 33.6. The standard InChI is InChI=1S/C65H7N/c1-4-2-62-56-47-40-32-23-15-8-6-7-9-11-10(8)17-21(15)34(40)42-36-25(17)26-18(11)22-16(9)24-20-13(7)14-12(6)19(23)28-30-27(14)31-29(20)39-33(24)41-35(22)43-37(26)46(36)55-58(51(42)47)64(4,62)65-5(1)66-3-63(65)57(48(41)52(43)59(55)65)50(39)54-45(31)44(30)53(49(56)38(28)32)60(62)61(54)63/h2,5,66H,1,3H2. The number of nitrogens with one attached hydrogen (secondary N) is 1. The van der Waals surface area contributed by atoms with Gasteiger partial charge in [-0.3, -0.25) is 0 Å². The van der Waals surface area contributed by atoms with Gasteiger partial charge < -0.3 is 5.32 Å². The number of benzene rings is 17. The number of rotatable bonds is 0. The van der Waals surface area contributed by atoms with Gasteiger partial charge in [0.25, 0.3) is 0 Å². The molecule has 8 aliphatic carbocycles. The Bertz CT molecular complexity index is 7300. The van der Waals surface area contributed by atoms with Crippen molar-refractivity contribution < 1.29 is 0 Å². The van der Waals surface area contributed by atoms with Crippen molar-refractivity contribution in [1.82, 2.24) is 5.32 Å². The van der Waals surface area contributed by atoms with E-state index in [4.69, 9.17) is 0 Å². The average molecular weight is 802 g/mol. The van der Waals surface area contributed by atoms with Crippen LogP contribution in [0.1, 0.15) is 39.8 Å². The largest absolute Gasteiger partial charge is 0.311 e. The molecule has 0 radical (unpaired) electrons. The fourth-order valence-electron chi connectivity index (χ4n) is 27.7. The summed E-state index contributed by atoms with van der Waals surface area (Å²) in [7, 11) is 0. The Morgan fingerprint density at radius 2 is 0.561 bits per heavy atom. The van der Waals surface area contributed by atoms with E-state index in [2.05, 4.69) is 11.4 Å². The predicted molar refractivity (Wildman–Crippen MR) is 273 cm³/mol. The number of hydrogen-bond donors (Lipinski definition) is 1. The summed E-state index contributed by atoms with van der Waals surface area (Å²) >= 11 is 0. The lowest BCUT2D eigenvalue weighted by Gasteiger charge is -2.69. The Morgan fingerprint density at radius 1 is 0.273 bits per heavy atom. The minimum Gasteiger partial charge on any atom is -0.311 e. The summed E-state index contributed by atoms with van der Waals surface area (Å²) in [6.45, 7) is 1.10. The van der Waals surface area contributed by atoms with E-state index in [-0.39, 0.29) is 21.7 Å². The molecule has 0 amide bonds. The zero-order valence-electron chi connectivity index (χ0n) is 33.6. The van der Waals surface area contributed by atoms with Gasteiger partial charge in [0.05, 0.1) is 5.41 Å². The maximum absolute atomic E-state index is 4.67. The fraction of sp³-hybridized carbons (Fsp3) is 0.108. The van der Waals surface area contributed by atoms with Crippen LogP contribution in [0.15, 0.2) is 11.6 Å². The molecule has 26 aromatic carbocycles. The van der Waals surface area contributed by atoms with Crippen LogP contribution in [0.25, 0.3) is 269 Å². The normalized spacial score (nSPS) is 30.4. The molecular weight excluding hydrogens is 795 g/mol. The van der Waals surface area contributed by atoms with Crippen molar-refractivity contribution >= 4 is 269 Å². The molecule has 1 heterocycles. The quantitative estimate of drug-likeness (QED) is 0.119. The number of allylic oxidation sites excluding steroid dienone is 1.